The van der Waals surface area contributed by atoms with Gasteiger partial charge in [-0.1, -0.05) is 0 Å². The van der Waals surface area contributed by atoms with E-state index >= 15 is 0 Å². The molecule has 1 aromatic rings. The summed E-state index contributed by atoms with van der Waals surface area (Å²) in [5, 5.41) is 12.5. The SMILES string of the molecule is CCn1cc(CCl)c(C(=O)O)n1. The molecular weight excluding hydrogens is 180 g/mol. The van der Waals surface area contributed by atoms with Crippen LogP contribution in [0, 0.1) is 0 Å². The van der Waals surface area contributed by atoms with Gasteiger partial charge in [-0.25, -0.2) is 4.79 Å². The third-order valence-electron chi connectivity index (χ3n) is 1.51. The number of aromatic carboxylic acids is 1. The summed E-state index contributed by atoms with van der Waals surface area (Å²) in [6.07, 6.45) is 1.65. The van der Waals surface area contributed by atoms with Gasteiger partial charge in [0.2, 0.25) is 0 Å². The Morgan fingerprint density at radius 2 is 2.50 bits per heavy atom. The van der Waals surface area contributed by atoms with Crippen LogP contribution in [-0.2, 0) is 12.4 Å². The van der Waals surface area contributed by atoms with Crippen molar-refractivity contribution < 1.29 is 9.90 Å². The summed E-state index contributed by atoms with van der Waals surface area (Å²) in [7, 11) is 0. The van der Waals surface area contributed by atoms with Gasteiger partial charge in [-0.2, -0.15) is 5.10 Å². The molecule has 0 fully saturated rings. The summed E-state index contributed by atoms with van der Waals surface area (Å²) in [5.74, 6) is -0.848. The van der Waals surface area contributed by atoms with E-state index in [1.165, 1.54) is 0 Å². The van der Waals surface area contributed by atoms with E-state index in [9.17, 15) is 4.79 Å². The van der Waals surface area contributed by atoms with E-state index in [0.717, 1.165) is 0 Å². The van der Waals surface area contributed by atoms with Crippen LogP contribution in [0.1, 0.15) is 23.0 Å². The summed E-state index contributed by atoms with van der Waals surface area (Å²) >= 11 is 5.53. The predicted octanol–water partition coefficient (Wildman–Crippen LogP) is 1.34. The first-order chi connectivity index (χ1) is 5.69. The van der Waals surface area contributed by atoms with Gasteiger partial charge in [0.15, 0.2) is 5.69 Å². The van der Waals surface area contributed by atoms with Crippen molar-refractivity contribution in [2.24, 2.45) is 0 Å². The number of aryl methyl sites for hydroxylation is 1. The standard InChI is InChI=1S/C7H9ClN2O2/c1-2-10-4-5(3-8)6(9-10)7(11)12/h4H,2-3H2,1H3,(H,11,12). The number of halogens is 1. The van der Waals surface area contributed by atoms with Crippen molar-refractivity contribution in [3.8, 4) is 0 Å². The van der Waals surface area contributed by atoms with Gasteiger partial charge in [-0.3, -0.25) is 4.68 Å². The average molecular weight is 189 g/mol. The zero-order valence-corrected chi connectivity index (χ0v) is 7.38. The van der Waals surface area contributed by atoms with E-state index < -0.39 is 5.97 Å². The van der Waals surface area contributed by atoms with Crippen molar-refractivity contribution in [3.63, 3.8) is 0 Å². The molecule has 1 aromatic heterocycles. The summed E-state index contributed by atoms with van der Waals surface area (Å²) in [4.78, 5) is 10.6. The fraction of sp³-hybridized carbons (Fsp3) is 0.429. The molecule has 0 atom stereocenters. The average Bonchev–Trinajstić information content (AvgIpc) is 2.47. The minimum absolute atomic E-state index is 0.0480. The Balaban J connectivity index is 3.08. The van der Waals surface area contributed by atoms with E-state index in [0.29, 0.717) is 12.1 Å². The second-order valence-corrected chi connectivity index (χ2v) is 2.56. The second-order valence-electron chi connectivity index (χ2n) is 2.30. The van der Waals surface area contributed by atoms with E-state index in [-0.39, 0.29) is 11.6 Å². The molecule has 0 bridgehead atoms. The van der Waals surface area contributed by atoms with E-state index in [1.54, 1.807) is 10.9 Å². The fourth-order valence-electron chi connectivity index (χ4n) is 0.902. The first-order valence-electron chi connectivity index (χ1n) is 3.54. The molecule has 0 aromatic carbocycles. The largest absolute Gasteiger partial charge is 0.476 e. The van der Waals surface area contributed by atoms with Crippen LogP contribution < -0.4 is 0 Å². The lowest BCUT2D eigenvalue weighted by Gasteiger charge is -1.89. The number of carboxylic acids is 1. The van der Waals surface area contributed by atoms with Gasteiger partial charge >= 0.3 is 5.97 Å². The maximum absolute atomic E-state index is 10.6. The van der Waals surface area contributed by atoms with Crippen molar-refractivity contribution >= 4 is 17.6 Å². The zero-order valence-electron chi connectivity index (χ0n) is 6.62. The Morgan fingerprint density at radius 3 is 2.83 bits per heavy atom. The molecule has 4 nitrogen and oxygen atoms in total. The molecule has 0 aliphatic carbocycles. The smallest absolute Gasteiger partial charge is 0.356 e. The maximum Gasteiger partial charge on any atom is 0.356 e. The highest BCUT2D eigenvalue weighted by Gasteiger charge is 2.13. The lowest BCUT2D eigenvalue weighted by Crippen LogP contribution is -2.02. The molecule has 0 amide bonds. The lowest BCUT2D eigenvalue weighted by molar-refractivity contribution is 0.0688. The molecule has 0 radical (unpaired) electrons. The molecule has 0 unspecified atom stereocenters. The number of rotatable bonds is 3. The third kappa shape index (κ3) is 1.58. The number of hydrogen-bond donors (Lipinski definition) is 1. The normalized spacial score (nSPS) is 10.2. The third-order valence-corrected chi connectivity index (χ3v) is 1.80. The quantitative estimate of drug-likeness (QED) is 0.729. The minimum atomic E-state index is -1.03. The highest BCUT2D eigenvalue weighted by atomic mass is 35.5. The molecule has 0 aliphatic heterocycles. The van der Waals surface area contributed by atoms with E-state index in [4.69, 9.17) is 16.7 Å². The van der Waals surface area contributed by atoms with Crippen LogP contribution >= 0.6 is 11.6 Å². The van der Waals surface area contributed by atoms with Crippen molar-refractivity contribution in [1.29, 1.82) is 0 Å². The van der Waals surface area contributed by atoms with Gasteiger partial charge in [-0.15, -0.1) is 11.6 Å². The lowest BCUT2D eigenvalue weighted by atomic mass is 10.3. The predicted molar refractivity (Wildman–Crippen MR) is 44.4 cm³/mol. The Kier molecular flexibility index (Phi) is 2.70. The van der Waals surface area contributed by atoms with Gasteiger partial charge in [0.1, 0.15) is 0 Å². The molecule has 1 rings (SSSR count). The number of nitrogens with zero attached hydrogens (tertiary/aromatic N) is 2. The first kappa shape index (κ1) is 9.06. The number of hydrogen-bond acceptors (Lipinski definition) is 2. The second kappa shape index (κ2) is 3.58. The molecule has 0 saturated heterocycles. The van der Waals surface area contributed by atoms with Gasteiger partial charge < -0.3 is 5.11 Å². The molecule has 1 N–H and O–H groups in total. The molecule has 66 valence electrons. The van der Waals surface area contributed by atoms with Crippen molar-refractivity contribution in [1.82, 2.24) is 9.78 Å². The van der Waals surface area contributed by atoms with E-state index in [2.05, 4.69) is 5.10 Å². The van der Waals surface area contributed by atoms with Gasteiger partial charge in [0, 0.05) is 18.3 Å². The molecular formula is C7H9ClN2O2. The zero-order chi connectivity index (χ0) is 9.14. The number of aromatic nitrogens is 2. The maximum atomic E-state index is 10.6. The number of carbonyl (C=O) groups is 1. The molecule has 0 saturated carbocycles. The minimum Gasteiger partial charge on any atom is -0.476 e. The highest BCUT2D eigenvalue weighted by Crippen LogP contribution is 2.09. The van der Waals surface area contributed by atoms with Crippen LogP contribution in [0.5, 0.6) is 0 Å². The van der Waals surface area contributed by atoms with Crippen LogP contribution in [0.3, 0.4) is 0 Å². The first-order valence-corrected chi connectivity index (χ1v) is 4.08. The van der Waals surface area contributed by atoms with Crippen LogP contribution in [0.25, 0.3) is 0 Å². The van der Waals surface area contributed by atoms with Crippen LogP contribution in [0.2, 0.25) is 0 Å². The Bertz CT molecular complexity index is 296. The van der Waals surface area contributed by atoms with Gasteiger partial charge in [0.25, 0.3) is 0 Å². The topological polar surface area (TPSA) is 55.1 Å². The Morgan fingerprint density at radius 1 is 1.83 bits per heavy atom. The monoisotopic (exact) mass is 188 g/mol. The summed E-state index contributed by atoms with van der Waals surface area (Å²) in [5.41, 5.74) is 0.609. The molecule has 12 heavy (non-hydrogen) atoms. The van der Waals surface area contributed by atoms with Gasteiger partial charge in [0.05, 0.1) is 5.88 Å². The highest BCUT2D eigenvalue weighted by molar-refractivity contribution is 6.17. The summed E-state index contributed by atoms with van der Waals surface area (Å²) in [6.45, 7) is 2.54. The molecule has 0 spiro atoms. The molecule has 0 aliphatic rings. The van der Waals surface area contributed by atoms with Gasteiger partial charge in [-0.05, 0) is 6.92 Å². The van der Waals surface area contributed by atoms with E-state index in [1.807, 2.05) is 6.92 Å². The Labute approximate surface area is 74.8 Å². The molecule has 5 heteroatoms. The van der Waals surface area contributed by atoms with Crippen molar-refractivity contribution in [2.75, 3.05) is 0 Å². The Hall–Kier alpha value is -1.03. The molecule has 1 heterocycles. The summed E-state index contributed by atoms with van der Waals surface area (Å²) in [6, 6.07) is 0. The fourth-order valence-corrected chi connectivity index (χ4v) is 1.10. The van der Waals surface area contributed by atoms with Crippen molar-refractivity contribution in [3.05, 3.63) is 17.5 Å². The summed E-state index contributed by atoms with van der Waals surface area (Å²) < 4.78 is 1.56. The van der Waals surface area contributed by atoms with Crippen molar-refractivity contribution in [2.45, 2.75) is 19.3 Å². The van der Waals surface area contributed by atoms with Crippen LogP contribution in [-0.4, -0.2) is 20.9 Å². The number of alkyl halides is 1. The van der Waals surface area contributed by atoms with Crippen LogP contribution in [0.4, 0.5) is 0 Å². The van der Waals surface area contributed by atoms with Crippen LogP contribution in [0.15, 0.2) is 6.20 Å². The number of carboxylic acid groups (broad SMARTS) is 1.